The molecule has 2 bridgehead atoms. The molecule has 0 radical (unpaired) electrons. The lowest BCUT2D eigenvalue weighted by molar-refractivity contribution is -0.253. The summed E-state index contributed by atoms with van der Waals surface area (Å²) in [4.78, 5) is 25.5. The molecule has 5 heteroatoms. The van der Waals surface area contributed by atoms with Crippen LogP contribution >= 0.6 is 11.6 Å². The Morgan fingerprint density at radius 1 is 1.11 bits per heavy atom. The molecule has 2 aromatic rings. The molecule has 0 spiro atoms. The average molecular weight is 400 g/mol. The Bertz CT molecular complexity index is 932. The summed E-state index contributed by atoms with van der Waals surface area (Å²) < 4.78 is 13.1. The van der Waals surface area contributed by atoms with Gasteiger partial charge in [-0.15, -0.1) is 0 Å². The number of rotatable bonds is 6. The van der Waals surface area contributed by atoms with Crippen LogP contribution in [0.4, 0.5) is 10.1 Å². The molecule has 3 nitrogen and oxygen atoms in total. The maximum Gasteiger partial charge on any atom is 0.230 e. The fourth-order valence-corrected chi connectivity index (χ4v) is 5.20. The lowest BCUT2D eigenvalue weighted by atomic mass is 9.28. The van der Waals surface area contributed by atoms with E-state index in [-0.39, 0.29) is 28.3 Å². The molecule has 28 heavy (non-hydrogen) atoms. The Hall–Kier alpha value is -2.20. The van der Waals surface area contributed by atoms with Gasteiger partial charge in [-0.05, 0) is 66.5 Å². The van der Waals surface area contributed by atoms with Gasteiger partial charge in [0.2, 0.25) is 5.91 Å². The number of Topliss-reactive ketones (excluding diaryl/α,β-unsaturated/α-hetero) is 1. The largest absolute Gasteiger partial charge is 0.326 e. The third-order valence-electron chi connectivity index (χ3n) is 6.82. The van der Waals surface area contributed by atoms with Gasteiger partial charge in [0.25, 0.3) is 0 Å². The van der Waals surface area contributed by atoms with Crippen molar-refractivity contribution in [2.45, 2.75) is 39.5 Å². The van der Waals surface area contributed by atoms with Crippen molar-refractivity contribution in [3.05, 3.63) is 64.9 Å². The second-order valence-electron chi connectivity index (χ2n) is 9.01. The smallest absolute Gasteiger partial charge is 0.230 e. The first-order chi connectivity index (χ1) is 13.1. The minimum absolute atomic E-state index is 0.0207. The topological polar surface area (TPSA) is 46.2 Å². The maximum absolute atomic E-state index is 13.1. The van der Waals surface area contributed by atoms with E-state index in [1.807, 2.05) is 13.8 Å². The van der Waals surface area contributed by atoms with Crippen LogP contribution in [0.15, 0.2) is 48.5 Å². The van der Waals surface area contributed by atoms with Crippen molar-refractivity contribution in [2.75, 3.05) is 5.32 Å². The number of ketones is 1. The highest BCUT2D eigenvalue weighted by Gasteiger charge is 2.74. The Labute approximate surface area is 169 Å². The standard InChI is InChI=1S/C23H23ClFNO2/c1-21(2,20(28)26-18-8-6-17(25)7-9-18)23-12-22(13-23,14-23)11-19(27)15-4-3-5-16(24)10-15/h3-10H,11-14H2,1-2H3,(H,26,28). The summed E-state index contributed by atoms with van der Waals surface area (Å²) in [6.45, 7) is 3.93. The van der Waals surface area contributed by atoms with Crippen molar-refractivity contribution in [3.63, 3.8) is 0 Å². The van der Waals surface area contributed by atoms with Crippen LogP contribution in [0.2, 0.25) is 5.02 Å². The molecule has 0 atom stereocenters. The zero-order valence-corrected chi connectivity index (χ0v) is 16.8. The van der Waals surface area contributed by atoms with E-state index in [2.05, 4.69) is 5.32 Å². The first kappa shape index (κ1) is 19.1. The van der Waals surface area contributed by atoms with E-state index < -0.39 is 5.41 Å². The van der Waals surface area contributed by atoms with Gasteiger partial charge in [0, 0.05) is 28.1 Å². The molecule has 3 fully saturated rings. The van der Waals surface area contributed by atoms with E-state index >= 15 is 0 Å². The molecule has 0 unspecified atom stereocenters. The van der Waals surface area contributed by atoms with Crippen LogP contribution < -0.4 is 5.32 Å². The van der Waals surface area contributed by atoms with Crippen LogP contribution in [0.25, 0.3) is 0 Å². The quantitative estimate of drug-likeness (QED) is 0.616. The normalized spacial score (nSPS) is 25.4. The van der Waals surface area contributed by atoms with Gasteiger partial charge in [-0.3, -0.25) is 9.59 Å². The molecular formula is C23H23ClFNO2. The molecule has 1 N–H and O–H groups in total. The summed E-state index contributed by atoms with van der Waals surface area (Å²) in [5.74, 6) is -0.277. The van der Waals surface area contributed by atoms with E-state index in [4.69, 9.17) is 11.6 Å². The molecule has 2 aromatic carbocycles. The van der Waals surface area contributed by atoms with E-state index in [0.717, 1.165) is 19.3 Å². The van der Waals surface area contributed by atoms with Gasteiger partial charge < -0.3 is 5.32 Å². The van der Waals surface area contributed by atoms with Gasteiger partial charge in [0.1, 0.15) is 5.82 Å². The van der Waals surface area contributed by atoms with Crippen LogP contribution in [-0.4, -0.2) is 11.7 Å². The van der Waals surface area contributed by atoms with Crippen molar-refractivity contribution >= 4 is 29.0 Å². The monoisotopic (exact) mass is 399 g/mol. The third-order valence-corrected chi connectivity index (χ3v) is 7.05. The lowest BCUT2D eigenvalue weighted by Crippen LogP contribution is -2.70. The molecule has 1 amide bonds. The van der Waals surface area contributed by atoms with Crippen LogP contribution in [0.3, 0.4) is 0 Å². The van der Waals surface area contributed by atoms with E-state index in [1.54, 1.807) is 36.4 Å². The summed E-state index contributed by atoms with van der Waals surface area (Å²) in [5, 5.41) is 3.47. The zero-order valence-electron chi connectivity index (χ0n) is 16.0. The maximum atomic E-state index is 13.1. The molecule has 5 rings (SSSR count). The molecule has 0 heterocycles. The minimum Gasteiger partial charge on any atom is -0.326 e. The number of carbonyl (C=O) groups excluding carboxylic acids is 2. The summed E-state index contributed by atoms with van der Waals surface area (Å²) >= 11 is 5.99. The lowest BCUT2D eigenvalue weighted by Gasteiger charge is -2.75. The third kappa shape index (κ3) is 3.04. The molecule has 0 saturated heterocycles. The van der Waals surface area contributed by atoms with Crippen molar-refractivity contribution in [3.8, 4) is 0 Å². The van der Waals surface area contributed by atoms with Gasteiger partial charge in [0.05, 0.1) is 0 Å². The van der Waals surface area contributed by atoms with E-state index in [0.29, 0.717) is 22.7 Å². The predicted octanol–water partition coefficient (Wildman–Crippen LogP) is 5.89. The zero-order chi connectivity index (χ0) is 20.2. The van der Waals surface area contributed by atoms with Crippen molar-refractivity contribution in [2.24, 2.45) is 16.2 Å². The number of anilines is 1. The number of hydrogen-bond donors (Lipinski definition) is 1. The number of carbonyl (C=O) groups is 2. The van der Waals surface area contributed by atoms with Gasteiger partial charge >= 0.3 is 0 Å². The van der Waals surface area contributed by atoms with Crippen molar-refractivity contribution in [1.29, 1.82) is 0 Å². The number of benzene rings is 2. The fourth-order valence-electron chi connectivity index (χ4n) is 5.01. The molecular weight excluding hydrogens is 377 g/mol. The average Bonchev–Trinajstić information content (AvgIpc) is 2.58. The van der Waals surface area contributed by atoms with Crippen LogP contribution in [-0.2, 0) is 4.79 Å². The molecule has 0 aliphatic heterocycles. The highest BCUT2D eigenvalue weighted by molar-refractivity contribution is 6.31. The first-order valence-electron chi connectivity index (χ1n) is 9.51. The number of nitrogens with one attached hydrogen (secondary N) is 1. The first-order valence-corrected chi connectivity index (χ1v) is 9.89. The van der Waals surface area contributed by atoms with Crippen molar-refractivity contribution < 1.29 is 14.0 Å². The molecule has 146 valence electrons. The van der Waals surface area contributed by atoms with Crippen molar-refractivity contribution in [1.82, 2.24) is 0 Å². The van der Waals surface area contributed by atoms with Crippen LogP contribution in [0.5, 0.6) is 0 Å². The van der Waals surface area contributed by atoms with Gasteiger partial charge in [-0.1, -0.05) is 37.6 Å². The summed E-state index contributed by atoms with van der Waals surface area (Å²) in [6.07, 6.45) is 3.16. The minimum atomic E-state index is -0.553. The molecule has 3 saturated carbocycles. The number of hydrogen-bond acceptors (Lipinski definition) is 2. The van der Waals surface area contributed by atoms with E-state index in [1.165, 1.54) is 12.1 Å². The van der Waals surface area contributed by atoms with Gasteiger partial charge in [-0.25, -0.2) is 4.39 Å². The Morgan fingerprint density at radius 2 is 1.75 bits per heavy atom. The van der Waals surface area contributed by atoms with Crippen LogP contribution in [0, 0.1) is 22.1 Å². The number of amides is 1. The summed E-state index contributed by atoms with van der Waals surface area (Å²) in [6, 6.07) is 12.9. The molecule has 3 aliphatic carbocycles. The summed E-state index contributed by atoms with van der Waals surface area (Å²) in [5.41, 5.74) is 0.650. The second-order valence-corrected chi connectivity index (χ2v) is 9.44. The fraction of sp³-hybridized carbons (Fsp3) is 0.391. The molecule has 3 aliphatic rings. The van der Waals surface area contributed by atoms with Gasteiger partial charge in [-0.2, -0.15) is 0 Å². The summed E-state index contributed by atoms with van der Waals surface area (Å²) in [7, 11) is 0. The number of halogens is 2. The highest BCUT2D eigenvalue weighted by atomic mass is 35.5. The van der Waals surface area contributed by atoms with Crippen LogP contribution in [0.1, 0.15) is 49.9 Å². The SMILES string of the molecule is CC(C)(C(=O)Nc1ccc(F)cc1)C12CC(CC(=O)c3cccc(Cl)c3)(C1)C2. The van der Waals surface area contributed by atoms with Gasteiger partial charge in [0.15, 0.2) is 5.78 Å². The van der Waals surface area contributed by atoms with E-state index in [9.17, 15) is 14.0 Å². The molecule has 0 aromatic heterocycles. The Kier molecular flexibility index (Phi) is 4.38. The Balaban J connectivity index is 1.39. The predicted molar refractivity (Wildman–Crippen MR) is 108 cm³/mol. The Morgan fingerprint density at radius 3 is 2.36 bits per heavy atom. The second kappa shape index (κ2) is 6.41. The highest BCUT2D eigenvalue weighted by Crippen LogP contribution is 2.80.